The summed E-state index contributed by atoms with van der Waals surface area (Å²) in [7, 11) is 0. The number of benzene rings is 2. The van der Waals surface area contributed by atoms with Gasteiger partial charge in [-0.05, 0) is 41.4 Å². The first-order valence-corrected chi connectivity index (χ1v) is 10.1. The lowest BCUT2D eigenvalue weighted by atomic mass is 9.95. The zero-order valence-corrected chi connectivity index (χ0v) is 16.6. The molecule has 27 heavy (non-hydrogen) atoms. The quantitative estimate of drug-likeness (QED) is 0.739. The lowest BCUT2D eigenvalue weighted by Gasteiger charge is -2.10. The molecule has 0 radical (unpaired) electrons. The van der Waals surface area contributed by atoms with Gasteiger partial charge in [0.2, 0.25) is 0 Å². The van der Waals surface area contributed by atoms with Gasteiger partial charge in [0, 0.05) is 0 Å². The molecule has 0 bridgehead atoms. The molecule has 0 aliphatic heterocycles. The number of carbonyl (C=O) groups is 1. The van der Waals surface area contributed by atoms with E-state index in [9.17, 15) is 4.79 Å². The number of carboxylic acids is 1. The predicted molar refractivity (Wildman–Crippen MR) is 112 cm³/mol. The van der Waals surface area contributed by atoms with Crippen LogP contribution < -0.4 is 5.73 Å². The fourth-order valence-corrected chi connectivity index (χ4v) is 3.54. The van der Waals surface area contributed by atoms with Crippen molar-refractivity contribution in [2.24, 2.45) is 11.7 Å². The van der Waals surface area contributed by atoms with E-state index in [1.807, 2.05) is 30.3 Å². The Morgan fingerprint density at radius 2 is 1.59 bits per heavy atom. The second-order valence-corrected chi connectivity index (χ2v) is 7.89. The predicted octanol–water partition coefficient (Wildman–Crippen LogP) is 5.18. The van der Waals surface area contributed by atoms with Crippen molar-refractivity contribution in [3.8, 4) is 0 Å². The van der Waals surface area contributed by atoms with E-state index >= 15 is 0 Å². The van der Waals surface area contributed by atoms with Crippen LogP contribution >= 0.6 is 0 Å². The molecule has 0 spiro atoms. The summed E-state index contributed by atoms with van der Waals surface area (Å²) >= 11 is 0. The number of rotatable bonds is 6. The van der Waals surface area contributed by atoms with Gasteiger partial charge < -0.3 is 10.8 Å². The van der Waals surface area contributed by atoms with Gasteiger partial charge in [0.1, 0.15) is 6.04 Å². The van der Waals surface area contributed by atoms with Gasteiger partial charge in [-0.15, -0.1) is 0 Å². The van der Waals surface area contributed by atoms with E-state index in [0.29, 0.717) is 12.3 Å². The molecular formula is C24H33NO2. The van der Waals surface area contributed by atoms with Crippen molar-refractivity contribution in [1.82, 2.24) is 0 Å². The molecule has 1 aliphatic carbocycles. The van der Waals surface area contributed by atoms with Crippen molar-refractivity contribution < 1.29 is 9.90 Å². The topological polar surface area (TPSA) is 63.3 Å². The molecule has 1 unspecified atom stereocenters. The summed E-state index contributed by atoms with van der Waals surface area (Å²) in [6.07, 6.45) is 7.50. The Bertz CT molecular complexity index is 673. The zero-order valence-electron chi connectivity index (χ0n) is 16.6. The van der Waals surface area contributed by atoms with Crippen LogP contribution in [0.4, 0.5) is 0 Å². The third-order valence-electron chi connectivity index (χ3n) is 5.26. The molecule has 0 heterocycles. The fourth-order valence-electron chi connectivity index (χ4n) is 3.54. The summed E-state index contributed by atoms with van der Waals surface area (Å²) in [6.45, 7) is 4.51. The van der Waals surface area contributed by atoms with Crippen molar-refractivity contribution in [3.05, 3.63) is 71.3 Å². The Morgan fingerprint density at radius 1 is 1.00 bits per heavy atom. The molecule has 3 heteroatoms. The third kappa shape index (κ3) is 7.56. The van der Waals surface area contributed by atoms with Crippen molar-refractivity contribution in [1.29, 1.82) is 0 Å². The summed E-state index contributed by atoms with van der Waals surface area (Å²) in [6, 6.07) is 17.8. The van der Waals surface area contributed by atoms with Crippen LogP contribution in [0.3, 0.4) is 0 Å². The summed E-state index contributed by atoms with van der Waals surface area (Å²) in [4.78, 5) is 10.4. The smallest absolute Gasteiger partial charge is 0.320 e. The lowest BCUT2D eigenvalue weighted by molar-refractivity contribution is -0.138. The Balaban J connectivity index is 0.000000199. The van der Waals surface area contributed by atoms with Crippen LogP contribution in [0.25, 0.3) is 0 Å². The molecule has 3 rings (SSSR count). The number of carboxylic acid groups (broad SMARTS) is 1. The molecule has 0 aromatic heterocycles. The standard InChI is InChI=1S/C15H22.C9H11NO2/c1-12(2)15-9-7-14(8-10-15)11-13-5-3-4-6-13;10-8(9(11)12)6-7-4-2-1-3-5-7/h7-10,12-13H,3-6,11H2,1-2H3;1-5,8H,6,10H2,(H,11,12). The Morgan fingerprint density at radius 3 is 2.11 bits per heavy atom. The van der Waals surface area contributed by atoms with Crippen LogP contribution in [-0.2, 0) is 17.6 Å². The van der Waals surface area contributed by atoms with Crippen molar-refractivity contribution in [2.75, 3.05) is 0 Å². The second-order valence-electron chi connectivity index (χ2n) is 7.89. The van der Waals surface area contributed by atoms with Gasteiger partial charge in [-0.25, -0.2) is 0 Å². The van der Waals surface area contributed by atoms with Crippen LogP contribution in [0.5, 0.6) is 0 Å². The Hall–Kier alpha value is -2.13. The van der Waals surface area contributed by atoms with E-state index in [2.05, 4.69) is 38.1 Å². The molecule has 2 aromatic carbocycles. The number of nitrogens with two attached hydrogens (primary N) is 1. The summed E-state index contributed by atoms with van der Waals surface area (Å²) in [5, 5.41) is 8.52. The molecule has 0 saturated heterocycles. The van der Waals surface area contributed by atoms with Crippen LogP contribution in [0.2, 0.25) is 0 Å². The average Bonchev–Trinajstić information content (AvgIpc) is 3.16. The van der Waals surface area contributed by atoms with E-state index < -0.39 is 12.0 Å². The minimum atomic E-state index is -0.959. The molecule has 1 saturated carbocycles. The van der Waals surface area contributed by atoms with Crippen molar-refractivity contribution in [3.63, 3.8) is 0 Å². The molecule has 2 aromatic rings. The maximum Gasteiger partial charge on any atom is 0.320 e. The molecule has 146 valence electrons. The fraction of sp³-hybridized carbons (Fsp3) is 0.458. The van der Waals surface area contributed by atoms with Crippen molar-refractivity contribution in [2.45, 2.75) is 64.3 Å². The molecule has 0 amide bonds. The largest absolute Gasteiger partial charge is 0.480 e. The minimum Gasteiger partial charge on any atom is -0.480 e. The van der Waals surface area contributed by atoms with Gasteiger partial charge in [-0.1, -0.05) is 94.1 Å². The minimum absolute atomic E-state index is 0.385. The van der Waals surface area contributed by atoms with E-state index in [4.69, 9.17) is 10.8 Å². The first kappa shape index (κ1) is 21.2. The molecule has 1 aliphatic rings. The maximum absolute atomic E-state index is 10.4. The molecule has 3 N–H and O–H groups in total. The normalized spacial score (nSPS) is 15.3. The highest BCUT2D eigenvalue weighted by Gasteiger charge is 2.15. The Kier molecular flexibility index (Phi) is 8.53. The van der Waals surface area contributed by atoms with Crippen LogP contribution in [0.15, 0.2) is 54.6 Å². The van der Waals surface area contributed by atoms with Gasteiger partial charge in [0.25, 0.3) is 0 Å². The Labute approximate surface area is 163 Å². The average molecular weight is 368 g/mol. The monoisotopic (exact) mass is 367 g/mol. The van der Waals surface area contributed by atoms with Gasteiger partial charge in [0.05, 0.1) is 0 Å². The van der Waals surface area contributed by atoms with Crippen LogP contribution in [-0.4, -0.2) is 17.1 Å². The highest BCUT2D eigenvalue weighted by molar-refractivity contribution is 5.73. The lowest BCUT2D eigenvalue weighted by Crippen LogP contribution is -2.32. The van der Waals surface area contributed by atoms with Gasteiger partial charge in [-0.3, -0.25) is 4.79 Å². The second kappa shape index (κ2) is 10.9. The summed E-state index contributed by atoms with van der Waals surface area (Å²) < 4.78 is 0. The van der Waals surface area contributed by atoms with E-state index in [0.717, 1.165) is 11.5 Å². The van der Waals surface area contributed by atoms with Crippen LogP contribution in [0.1, 0.15) is 62.1 Å². The molecule has 3 nitrogen and oxygen atoms in total. The van der Waals surface area contributed by atoms with Gasteiger partial charge in [0.15, 0.2) is 0 Å². The van der Waals surface area contributed by atoms with Gasteiger partial charge >= 0.3 is 5.97 Å². The molecule has 1 atom stereocenters. The number of hydrogen-bond donors (Lipinski definition) is 2. The first-order chi connectivity index (χ1) is 13.0. The number of aliphatic carboxylic acids is 1. The van der Waals surface area contributed by atoms with E-state index in [1.54, 1.807) is 0 Å². The summed E-state index contributed by atoms with van der Waals surface area (Å²) in [5.74, 6) is 0.666. The maximum atomic E-state index is 10.4. The van der Waals surface area contributed by atoms with Crippen molar-refractivity contribution >= 4 is 5.97 Å². The van der Waals surface area contributed by atoms with E-state index in [-0.39, 0.29) is 0 Å². The van der Waals surface area contributed by atoms with Crippen LogP contribution in [0, 0.1) is 5.92 Å². The first-order valence-electron chi connectivity index (χ1n) is 10.1. The van der Waals surface area contributed by atoms with E-state index in [1.165, 1.54) is 43.2 Å². The molecule has 1 fully saturated rings. The van der Waals surface area contributed by atoms with Gasteiger partial charge in [-0.2, -0.15) is 0 Å². The summed E-state index contributed by atoms with van der Waals surface area (Å²) in [5.41, 5.74) is 9.30. The SMILES string of the molecule is CC(C)c1ccc(CC2CCCC2)cc1.NC(Cc1ccccc1)C(=O)O. The zero-order chi connectivity index (χ0) is 19.6. The highest BCUT2D eigenvalue weighted by atomic mass is 16.4. The third-order valence-corrected chi connectivity index (χ3v) is 5.26. The molecular weight excluding hydrogens is 334 g/mol. The highest BCUT2D eigenvalue weighted by Crippen LogP contribution is 2.28. The number of hydrogen-bond acceptors (Lipinski definition) is 2.